The minimum Gasteiger partial charge on any atom is -0.456 e. The van der Waals surface area contributed by atoms with Gasteiger partial charge in [-0.05, 0) is 56.2 Å². The van der Waals surface area contributed by atoms with E-state index in [4.69, 9.17) is 4.74 Å². The minimum absolute atomic E-state index is 0.0618. The monoisotopic (exact) mass is 425 g/mol. The quantitative estimate of drug-likeness (QED) is 0.741. The van der Waals surface area contributed by atoms with Crippen molar-refractivity contribution in [3.05, 3.63) is 59.2 Å². The first kappa shape index (κ1) is 21.0. The van der Waals surface area contributed by atoms with E-state index in [0.29, 0.717) is 35.6 Å². The van der Waals surface area contributed by atoms with Crippen molar-refractivity contribution < 1.29 is 23.5 Å². The molecule has 8 heteroatoms. The number of amides is 2. The zero-order valence-corrected chi connectivity index (χ0v) is 17.4. The van der Waals surface area contributed by atoms with E-state index in [9.17, 15) is 18.8 Å². The highest BCUT2D eigenvalue weighted by atomic mass is 19.1. The van der Waals surface area contributed by atoms with Crippen molar-refractivity contribution >= 4 is 23.5 Å². The molecular formula is C23H24FN3O4. The Labute approximate surface area is 179 Å². The zero-order chi connectivity index (χ0) is 22.1. The molecule has 2 aromatic rings. The topological polar surface area (TPSA) is 88.6 Å². The number of nitrogens with one attached hydrogen (secondary N) is 1. The van der Waals surface area contributed by atoms with Gasteiger partial charge in [0.15, 0.2) is 0 Å². The Balaban J connectivity index is 1.58. The molecule has 1 aliphatic carbocycles. The molecule has 0 saturated heterocycles. The average Bonchev–Trinajstić information content (AvgIpc) is 3.58. The third-order valence-electron chi connectivity index (χ3n) is 5.53. The van der Waals surface area contributed by atoms with Crippen molar-refractivity contribution in [2.75, 3.05) is 11.4 Å². The van der Waals surface area contributed by atoms with E-state index in [2.05, 4.69) is 10.3 Å². The van der Waals surface area contributed by atoms with Crippen LogP contribution in [-0.2, 0) is 14.3 Å². The van der Waals surface area contributed by atoms with Gasteiger partial charge in [0.05, 0.1) is 17.4 Å². The number of rotatable bonds is 5. The summed E-state index contributed by atoms with van der Waals surface area (Å²) in [5, 5.41) is 2.84. The van der Waals surface area contributed by atoms with Crippen LogP contribution in [0, 0.1) is 11.7 Å². The third-order valence-corrected chi connectivity index (χ3v) is 5.53. The standard InChI is InChI=1S/C23H24FN3O4/c1-13(25-22(29)15-5-7-17(24)8-6-15)18-9-10-19-21(26-18)20(31-14(2)28)11-12-27(19)23(30)16-3-4-16/h5-10,13,16,20H,3-4,11-12H2,1-2H3,(H,25,29). The molecule has 1 aliphatic heterocycles. The summed E-state index contributed by atoms with van der Waals surface area (Å²) < 4.78 is 18.6. The fourth-order valence-corrected chi connectivity index (χ4v) is 3.74. The molecule has 1 aromatic heterocycles. The van der Waals surface area contributed by atoms with Crippen LogP contribution in [0.15, 0.2) is 36.4 Å². The summed E-state index contributed by atoms with van der Waals surface area (Å²) >= 11 is 0. The molecular weight excluding hydrogens is 401 g/mol. The van der Waals surface area contributed by atoms with Gasteiger partial charge in [-0.3, -0.25) is 14.4 Å². The largest absolute Gasteiger partial charge is 0.456 e. The van der Waals surface area contributed by atoms with Crippen molar-refractivity contribution in [1.29, 1.82) is 0 Å². The minimum atomic E-state index is -0.546. The lowest BCUT2D eigenvalue weighted by Crippen LogP contribution is -2.39. The molecule has 2 heterocycles. The second kappa shape index (κ2) is 8.45. The molecule has 1 N–H and O–H groups in total. The molecule has 2 unspecified atom stereocenters. The molecule has 0 bridgehead atoms. The Morgan fingerprint density at radius 2 is 1.84 bits per heavy atom. The molecule has 2 atom stereocenters. The zero-order valence-electron chi connectivity index (χ0n) is 17.4. The van der Waals surface area contributed by atoms with Crippen LogP contribution >= 0.6 is 0 Å². The van der Waals surface area contributed by atoms with Crippen molar-refractivity contribution in [3.8, 4) is 0 Å². The van der Waals surface area contributed by atoms with E-state index < -0.39 is 23.9 Å². The van der Waals surface area contributed by atoms with Crippen LogP contribution in [0.3, 0.4) is 0 Å². The molecule has 4 rings (SSSR count). The number of hydrogen-bond donors (Lipinski definition) is 1. The molecule has 2 amide bonds. The third kappa shape index (κ3) is 4.57. The second-order valence-corrected chi connectivity index (χ2v) is 7.99. The molecule has 1 fully saturated rings. The van der Waals surface area contributed by atoms with Crippen LogP contribution in [0.4, 0.5) is 10.1 Å². The molecule has 0 spiro atoms. The van der Waals surface area contributed by atoms with E-state index in [-0.39, 0.29) is 17.7 Å². The lowest BCUT2D eigenvalue weighted by Gasteiger charge is -2.33. The molecule has 31 heavy (non-hydrogen) atoms. The SMILES string of the molecule is CC(=O)OC1CCN(C(=O)C2CC2)c2ccc(C(C)NC(=O)c3ccc(F)cc3)nc21. The number of esters is 1. The van der Waals surface area contributed by atoms with Crippen LogP contribution in [0.25, 0.3) is 0 Å². The van der Waals surface area contributed by atoms with Crippen molar-refractivity contribution in [2.24, 2.45) is 5.92 Å². The summed E-state index contributed by atoms with van der Waals surface area (Å²) in [7, 11) is 0. The summed E-state index contributed by atoms with van der Waals surface area (Å²) in [6, 6.07) is 8.39. The highest BCUT2D eigenvalue weighted by molar-refractivity contribution is 5.97. The number of hydrogen-bond acceptors (Lipinski definition) is 5. The molecule has 1 saturated carbocycles. The lowest BCUT2D eigenvalue weighted by molar-refractivity contribution is -0.147. The van der Waals surface area contributed by atoms with Gasteiger partial charge in [0, 0.05) is 31.4 Å². The summed E-state index contributed by atoms with van der Waals surface area (Å²) in [6.45, 7) is 3.60. The Kier molecular flexibility index (Phi) is 5.71. The fraction of sp³-hybridized carbons (Fsp3) is 0.391. The van der Waals surface area contributed by atoms with E-state index >= 15 is 0 Å². The smallest absolute Gasteiger partial charge is 0.303 e. The number of carbonyl (C=O) groups excluding carboxylic acids is 3. The first-order valence-corrected chi connectivity index (χ1v) is 10.4. The van der Waals surface area contributed by atoms with Crippen LogP contribution in [0.2, 0.25) is 0 Å². The van der Waals surface area contributed by atoms with Crippen molar-refractivity contribution in [3.63, 3.8) is 0 Å². The number of pyridine rings is 1. The average molecular weight is 425 g/mol. The molecule has 1 aromatic carbocycles. The predicted octanol–water partition coefficient (Wildman–Crippen LogP) is 3.46. The Morgan fingerprint density at radius 3 is 2.48 bits per heavy atom. The normalized spacial score (nSPS) is 18.7. The highest BCUT2D eigenvalue weighted by Crippen LogP contribution is 2.39. The predicted molar refractivity (Wildman–Crippen MR) is 111 cm³/mol. The molecule has 2 aliphatic rings. The van der Waals surface area contributed by atoms with E-state index in [1.165, 1.54) is 31.2 Å². The summed E-state index contributed by atoms with van der Waals surface area (Å²) in [4.78, 5) is 43.2. The van der Waals surface area contributed by atoms with Crippen LogP contribution in [0.1, 0.15) is 67.0 Å². The molecule has 162 valence electrons. The van der Waals surface area contributed by atoms with Crippen molar-refractivity contribution in [1.82, 2.24) is 10.3 Å². The molecule has 7 nitrogen and oxygen atoms in total. The lowest BCUT2D eigenvalue weighted by atomic mass is 10.0. The van der Waals surface area contributed by atoms with Crippen LogP contribution in [-0.4, -0.2) is 29.3 Å². The number of anilines is 1. The van der Waals surface area contributed by atoms with E-state index in [1.807, 2.05) is 0 Å². The maximum absolute atomic E-state index is 13.1. The molecule has 0 radical (unpaired) electrons. The maximum atomic E-state index is 13.1. The number of fused-ring (bicyclic) bond motifs is 1. The van der Waals surface area contributed by atoms with Crippen LogP contribution in [0.5, 0.6) is 0 Å². The number of aromatic nitrogens is 1. The first-order valence-electron chi connectivity index (χ1n) is 10.4. The second-order valence-electron chi connectivity index (χ2n) is 7.99. The van der Waals surface area contributed by atoms with Gasteiger partial charge in [0.2, 0.25) is 5.91 Å². The van der Waals surface area contributed by atoms with Crippen molar-refractivity contribution in [2.45, 2.75) is 45.3 Å². The number of halogens is 1. The number of carbonyl (C=O) groups is 3. The summed E-state index contributed by atoms with van der Waals surface area (Å²) in [5.74, 6) is -1.04. The van der Waals surface area contributed by atoms with Gasteiger partial charge in [-0.2, -0.15) is 0 Å². The van der Waals surface area contributed by atoms with Crippen LogP contribution < -0.4 is 10.2 Å². The number of ether oxygens (including phenoxy) is 1. The number of benzene rings is 1. The van der Waals surface area contributed by atoms with E-state index in [0.717, 1.165) is 12.8 Å². The van der Waals surface area contributed by atoms with Gasteiger partial charge in [0.25, 0.3) is 5.91 Å². The first-order chi connectivity index (χ1) is 14.8. The Morgan fingerprint density at radius 1 is 1.13 bits per heavy atom. The van der Waals surface area contributed by atoms with Gasteiger partial charge in [-0.1, -0.05) is 0 Å². The van der Waals surface area contributed by atoms with Gasteiger partial charge in [-0.25, -0.2) is 9.37 Å². The summed E-state index contributed by atoms with van der Waals surface area (Å²) in [6.07, 6.45) is 1.72. The van der Waals surface area contributed by atoms with Gasteiger partial charge >= 0.3 is 5.97 Å². The van der Waals surface area contributed by atoms with Gasteiger partial charge in [0.1, 0.15) is 17.6 Å². The summed E-state index contributed by atoms with van der Waals surface area (Å²) in [5.41, 5.74) is 2.09. The van der Waals surface area contributed by atoms with E-state index in [1.54, 1.807) is 24.0 Å². The maximum Gasteiger partial charge on any atom is 0.303 e. The van der Waals surface area contributed by atoms with Gasteiger partial charge in [-0.15, -0.1) is 0 Å². The fourth-order valence-electron chi connectivity index (χ4n) is 3.74. The Hall–Kier alpha value is -3.29. The highest BCUT2D eigenvalue weighted by Gasteiger charge is 2.39. The Bertz CT molecular complexity index is 1020. The number of nitrogens with zero attached hydrogens (tertiary/aromatic N) is 2. The van der Waals surface area contributed by atoms with Gasteiger partial charge < -0.3 is 15.0 Å².